The van der Waals surface area contributed by atoms with E-state index in [0.29, 0.717) is 0 Å². The molecule has 2 aromatic rings. The summed E-state index contributed by atoms with van der Waals surface area (Å²) < 4.78 is 0. The number of carbonyl (C=O) groups is 1. The summed E-state index contributed by atoms with van der Waals surface area (Å²) in [7, 11) is 2.06. The Bertz CT molecular complexity index is 652. The molecule has 6 heteroatoms. The van der Waals surface area contributed by atoms with Crippen molar-refractivity contribution in [2.75, 3.05) is 12.4 Å². The van der Waals surface area contributed by atoms with Crippen molar-refractivity contribution < 1.29 is 4.79 Å². The number of rotatable bonds is 6. The third kappa shape index (κ3) is 3.71. The Morgan fingerprint density at radius 2 is 2.27 bits per heavy atom. The van der Waals surface area contributed by atoms with E-state index in [1.54, 1.807) is 11.3 Å². The largest absolute Gasteiger partial charge is 0.324 e. The van der Waals surface area contributed by atoms with Crippen LogP contribution < -0.4 is 11.1 Å². The van der Waals surface area contributed by atoms with Gasteiger partial charge in [-0.3, -0.25) is 9.69 Å². The summed E-state index contributed by atoms with van der Waals surface area (Å²) in [5, 5.41) is 4.97. The highest BCUT2D eigenvalue weighted by Crippen LogP contribution is 2.33. The maximum absolute atomic E-state index is 12.0. The van der Waals surface area contributed by atoms with Crippen LogP contribution in [-0.2, 0) is 17.9 Å². The summed E-state index contributed by atoms with van der Waals surface area (Å²) in [6, 6.07) is 7.91. The highest BCUT2D eigenvalue weighted by atomic mass is 32.1. The zero-order valence-electron chi connectivity index (χ0n) is 12.6. The van der Waals surface area contributed by atoms with E-state index in [0.717, 1.165) is 42.9 Å². The van der Waals surface area contributed by atoms with Crippen molar-refractivity contribution in [2.24, 2.45) is 5.73 Å². The summed E-state index contributed by atoms with van der Waals surface area (Å²) in [6.07, 6.45) is 1.55. The number of nitrogens with two attached hydrogens (primary N) is 1. The first kappa shape index (κ1) is 15.1. The van der Waals surface area contributed by atoms with Gasteiger partial charge in [-0.1, -0.05) is 12.1 Å². The minimum absolute atomic E-state index is 0.0829. The van der Waals surface area contributed by atoms with E-state index in [-0.39, 0.29) is 5.91 Å². The van der Waals surface area contributed by atoms with Gasteiger partial charge in [-0.25, -0.2) is 4.98 Å². The Balaban J connectivity index is 1.59. The summed E-state index contributed by atoms with van der Waals surface area (Å²) in [4.78, 5) is 18.5. The normalized spacial score (nSPS) is 15.8. The van der Waals surface area contributed by atoms with Crippen molar-refractivity contribution >= 4 is 22.9 Å². The van der Waals surface area contributed by atoms with Gasteiger partial charge >= 0.3 is 0 Å². The Hall–Kier alpha value is -1.76. The molecule has 0 spiro atoms. The van der Waals surface area contributed by atoms with Crippen LogP contribution in [0.1, 0.15) is 24.1 Å². The Kier molecular flexibility index (Phi) is 4.24. The molecule has 0 unspecified atom stereocenters. The number of hydrogen-bond acceptors (Lipinski definition) is 5. The molecule has 1 aromatic carbocycles. The fourth-order valence-corrected chi connectivity index (χ4v) is 2.87. The molecule has 1 amide bonds. The van der Waals surface area contributed by atoms with Crippen LogP contribution >= 0.6 is 11.3 Å². The van der Waals surface area contributed by atoms with Gasteiger partial charge in [0.05, 0.1) is 16.7 Å². The number of aromatic nitrogens is 1. The molecule has 5 nitrogen and oxygen atoms in total. The molecule has 1 aromatic heterocycles. The number of nitrogens with zero attached hydrogens (tertiary/aromatic N) is 2. The summed E-state index contributed by atoms with van der Waals surface area (Å²) in [6.45, 7) is 1.61. The Labute approximate surface area is 134 Å². The number of nitrogens with one attached hydrogen (secondary N) is 1. The zero-order chi connectivity index (χ0) is 15.6. The van der Waals surface area contributed by atoms with E-state index in [1.807, 2.05) is 23.7 Å². The standard InChI is InChI=1S/C16H20N4OS/c1-20(9-14-10-22-11-18-14)8-12-3-2-4-13(7-12)19-15(21)16(17)5-6-16/h2-4,7,10-11H,5-6,8-9,17H2,1H3,(H,19,21). The van der Waals surface area contributed by atoms with Crippen molar-refractivity contribution in [1.82, 2.24) is 9.88 Å². The molecule has 0 atom stereocenters. The third-order valence-corrected chi connectivity index (χ3v) is 4.43. The Morgan fingerprint density at radius 1 is 1.45 bits per heavy atom. The molecule has 1 aliphatic rings. The smallest absolute Gasteiger partial charge is 0.244 e. The van der Waals surface area contributed by atoms with E-state index in [1.165, 1.54) is 0 Å². The maximum atomic E-state index is 12.0. The van der Waals surface area contributed by atoms with Crippen LogP contribution in [0.2, 0.25) is 0 Å². The first-order valence-electron chi connectivity index (χ1n) is 7.30. The highest BCUT2D eigenvalue weighted by Gasteiger charge is 2.45. The van der Waals surface area contributed by atoms with Crippen LogP contribution in [0.5, 0.6) is 0 Å². The number of thiazole rings is 1. The van der Waals surface area contributed by atoms with E-state index < -0.39 is 5.54 Å². The molecule has 0 radical (unpaired) electrons. The molecular formula is C16H20N4OS. The third-order valence-electron chi connectivity index (χ3n) is 3.79. The molecule has 0 aliphatic heterocycles. The van der Waals surface area contributed by atoms with Gasteiger partial charge in [-0.2, -0.15) is 0 Å². The molecule has 22 heavy (non-hydrogen) atoms. The van der Waals surface area contributed by atoms with Gasteiger partial charge in [0.25, 0.3) is 0 Å². The SMILES string of the molecule is CN(Cc1cccc(NC(=O)C2(N)CC2)c1)Cc1cscn1. The van der Waals surface area contributed by atoms with Crippen molar-refractivity contribution in [3.63, 3.8) is 0 Å². The number of benzene rings is 1. The van der Waals surface area contributed by atoms with Crippen molar-refractivity contribution in [2.45, 2.75) is 31.5 Å². The molecule has 1 fully saturated rings. The highest BCUT2D eigenvalue weighted by molar-refractivity contribution is 7.07. The van der Waals surface area contributed by atoms with Crippen LogP contribution in [0.15, 0.2) is 35.2 Å². The van der Waals surface area contributed by atoms with Gasteiger partial charge in [0.2, 0.25) is 5.91 Å². The molecule has 0 bridgehead atoms. The predicted octanol–water partition coefficient (Wildman–Crippen LogP) is 2.20. The lowest BCUT2D eigenvalue weighted by atomic mass is 10.1. The Morgan fingerprint density at radius 3 is 2.95 bits per heavy atom. The van der Waals surface area contributed by atoms with Gasteiger partial charge in [0, 0.05) is 24.2 Å². The number of hydrogen-bond donors (Lipinski definition) is 2. The molecule has 3 rings (SSSR count). The monoisotopic (exact) mass is 316 g/mol. The quantitative estimate of drug-likeness (QED) is 0.857. The first-order chi connectivity index (χ1) is 10.5. The molecule has 3 N–H and O–H groups in total. The second-order valence-corrected chi connectivity index (χ2v) is 6.68. The number of anilines is 1. The van der Waals surface area contributed by atoms with Crippen LogP contribution in [0.4, 0.5) is 5.69 Å². The van der Waals surface area contributed by atoms with Gasteiger partial charge in [0.15, 0.2) is 0 Å². The van der Waals surface area contributed by atoms with E-state index in [9.17, 15) is 4.79 Å². The first-order valence-corrected chi connectivity index (χ1v) is 8.24. The molecule has 0 saturated heterocycles. The average molecular weight is 316 g/mol. The minimum Gasteiger partial charge on any atom is -0.324 e. The predicted molar refractivity (Wildman–Crippen MR) is 88.5 cm³/mol. The van der Waals surface area contributed by atoms with E-state index in [2.05, 4.69) is 33.7 Å². The van der Waals surface area contributed by atoms with E-state index >= 15 is 0 Å². The molecule has 1 heterocycles. The molecular weight excluding hydrogens is 296 g/mol. The lowest BCUT2D eigenvalue weighted by Gasteiger charge is -2.16. The van der Waals surface area contributed by atoms with Gasteiger partial charge in [0.1, 0.15) is 0 Å². The maximum Gasteiger partial charge on any atom is 0.244 e. The van der Waals surface area contributed by atoms with E-state index in [4.69, 9.17) is 5.73 Å². The number of carbonyl (C=O) groups excluding carboxylic acids is 1. The summed E-state index contributed by atoms with van der Waals surface area (Å²) in [5.41, 5.74) is 10.1. The van der Waals surface area contributed by atoms with Gasteiger partial charge < -0.3 is 11.1 Å². The second-order valence-electron chi connectivity index (χ2n) is 5.96. The molecule has 1 saturated carbocycles. The van der Waals surface area contributed by atoms with Crippen molar-refractivity contribution in [3.05, 3.63) is 46.4 Å². The van der Waals surface area contributed by atoms with Gasteiger partial charge in [-0.15, -0.1) is 11.3 Å². The van der Waals surface area contributed by atoms with Crippen LogP contribution in [0.25, 0.3) is 0 Å². The fraction of sp³-hybridized carbons (Fsp3) is 0.375. The summed E-state index contributed by atoms with van der Waals surface area (Å²) >= 11 is 1.61. The average Bonchev–Trinajstić information content (AvgIpc) is 3.03. The van der Waals surface area contributed by atoms with Crippen molar-refractivity contribution in [1.29, 1.82) is 0 Å². The minimum atomic E-state index is -0.641. The fourth-order valence-electron chi connectivity index (χ4n) is 2.32. The zero-order valence-corrected chi connectivity index (χ0v) is 13.4. The van der Waals surface area contributed by atoms with Crippen molar-refractivity contribution in [3.8, 4) is 0 Å². The number of amides is 1. The van der Waals surface area contributed by atoms with Crippen LogP contribution in [0.3, 0.4) is 0 Å². The van der Waals surface area contributed by atoms with Crippen LogP contribution in [-0.4, -0.2) is 28.4 Å². The topological polar surface area (TPSA) is 71.2 Å². The molecule has 116 valence electrons. The van der Waals surface area contributed by atoms with Gasteiger partial charge in [-0.05, 0) is 37.6 Å². The summed E-state index contributed by atoms with van der Waals surface area (Å²) in [5.74, 6) is -0.0829. The molecule has 1 aliphatic carbocycles. The van der Waals surface area contributed by atoms with Crippen LogP contribution in [0, 0.1) is 0 Å². The second kappa shape index (κ2) is 6.16. The lowest BCUT2D eigenvalue weighted by Crippen LogP contribution is -2.37. The lowest BCUT2D eigenvalue weighted by molar-refractivity contribution is -0.118.